The molecule has 0 aliphatic carbocycles. The number of carboxylic acid groups (broad SMARTS) is 1. The molecule has 0 unspecified atom stereocenters. The van der Waals surface area contributed by atoms with Crippen LogP contribution < -0.4 is 4.90 Å². The molecule has 1 rings (SSSR count). The molecule has 104 valence electrons. The number of carboxylic acids is 1. The molecular formula is C14H18ClNO3. The van der Waals surface area contributed by atoms with Crippen LogP contribution in [0, 0.1) is 6.92 Å². The number of hydrogen-bond acceptors (Lipinski definition) is 2. The third-order valence-electron chi connectivity index (χ3n) is 2.76. The topological polar surface area (TPSA) is 57.6 Å². The Kier molecular flexibility index (Phi) is 5.83. The highest BCUT2D eigenvalue weighted by atomic mass is 35.5. The van der Waals surface area contributed by atoms with Gasteiger partial charge in [-0.3, -0.25) is 9.59 Å². The molecule has 1 amide bonds. The minimum atomic E-state index is -0.916. The Morgan fingerprint density at radius 1 is 1.32 bits per heavy atom. The lowest BCUT2D eigenvalue weighted by Gasteiger charge is -2.24. The summed E-state index contributed by atoms with van der Waals surface area (Å²) in [6.45, 7) is 3.95. The second-order valence-corrected chi connectivity index (χ2v) is 4.81. The van der Waals surface area contributed by atoms with Crippen molar-refractivity contribution in [1.29, 1.82) is 0 Å². The monoisotopic (exact) mass is 283 g/mol. The SMILES string of the molecule is CCCC(=O)N(CCC(=O)O)c1ccc(Cl)cc1C. The van der Waals surface area contributed by atoms with Gasteiger partial charge in [0.05, 0.1) is 6.42 Å². The lowest BCUT2D eigenvalue weighted by Crippen LogP contribution is -2.33. The highest BCUT2D eigenvalue weighted by molar-refractivity contribution is 6.30. The van der Waals surface area contributed by atoms with Crippen molar-refractivity contribution in [3.63, 3.8) is 0 Å². The molecule has 0 aromatic heterocycles. The number of rotatable bonds is 6. The fourth-order valence-electron chi connectivity index (χ4n) is 1.86. The Hall–Kier alpha value is -1.55. The lowest BCUT2D eigenvalue weighted by molar-refractivity contribution is -0.136. The quantitative estimate of drug-likeness (QED) is 0.872. The molecule has 0 fully saturated rings. The molecule has 0 saturated carbocycles. The van der Waals surface area contributed by atoms with Gasteiger partial charge in [0.25, 0.3) is 0 Å². The zero-order valence-corrected chi connectivity index (χ0v) is 11.9. The Morgan fingerprint density at radius 3 is 2.53 bits per heavy atom. The van der Waals surface area contributed by atoms with E-state index in [1.807, 2.05) is 13.8 Å². The smallest absolute Gasteiger partial charge is 0.305 e. The van der Waals surface area contributed by atoms with E-state index in [4.69, 9.17) is 16.7 Å². The van der Waals surface area contributed by atoms with Crippen LogP contribution in [0.1, 0.15) is 31.7 Å². The van der Waals surface area contributed by atoms with Crippen molar-refractivity contribution in [2.45, 2.75) is 33.1 Å². The second kappa shape index (κ2) is 7.14. The van der Waals surface area contributed by atoms with Gasteiger partial charge >= 0.3 is 5.97 Å². The van der Waals surface area contributed by atoms with Crippen molar-refractivity contribution in [3.8, 4) is 0 Å². The highest BCUT2D eigenvalue weighted by Gasteiger charge is 2.17. The van der Waals surface area contributed by atoms with Gasteiger partial charge in [0.2, 0.25) is 5.91 Å². The summed E-state index contributed by atoms with van der Waals surface area (Å²) >= 11 is 5.89. The van der Waals surface area contributed by atoms with E-state index in [0.29, 0.717) is 11.4 Å². The third-order valence-corrected chi connectivity index (χ3v) is 3.00. The highest BCUT2D eigenvalue weighted by Crippen LogP contribution is 2.24. The first kappa shape index (κ1) is 15.5. The minimum absolute atomic E-state index is 0.0610. The number of aryl methyl sites for hydroxylation is 1. The van der Waals surface area contributed by atoms with Crippen molar-refractivity contribution in [3.05, 3.63) is 28.8 Å². The maximum absolute atomic E-state index is 12.1. The average molecular weight is 284 g/mol. The molecule has 0 saturated heterocycles. The van der Waals surface area contributed by atoms with Crippen LogP contribution in [-0.4, -0.2) is 23.5 Å². The molecule has 5 heteroatoms. The molecule has 4 nitrogen and oxygen atoms in total. The number of carbonyl (C=O) groups is 2. The Morgan fingerprint density at radius 2 is 2.00 bits per heavy atom. The van der Waals surface area contributed by atoms with E-state index in [2.05, 4.69) is 0 Å². The minimum Gasteiger partial charge on any atom is -0.481 e. The molecule has 0 radical (unpaired) electrons. The van der Waals surface area contributed by atoms with E-state index in [1.54, 1.807) is 18.2 Å². The number of amides is 1. The van der Waals surface area contributed by atoms with Crippen LogP contribution in [-0.2, 0) is 9.59 Å². The fourth-order valence-corrected chi connectivity index (χ4v) is 2.08. The molecule has 0 bridgehead atoms. The normalized spacial score (nSPS) is 10.3. The first-order chi connectivity index (χ1) is 8.95. The summed E-state index contributed by atoms with van der Waals surface area (Å²) in [5.74, 6) is -0.977. The third kappa shape index (κ3) is 4.56. The summed E-state index contributed by atoms with van der Waals surface area (Å²) in [5.41, 5.74) is 1.59. The predicted molar refractivity (Wildman–Crippen MR) is 75.7 cm³/mol. The fraction of sp³-hybridized carbons (Fsp3) is 0.429. The lowest BCUT2D eigenvalue weighted by atomic mass is 10.1. The first-order valence-corrected chi connectivity index (χ1v) is 6.61. The summed E-state index contributed by atoms with van der Waals surface area (Å²) in [4.78, 5) is 24.3. The molecule has 0 aliphatic rings. The van der Waals surface area contributed by atoms with Gasteiger partial charge in [-0.15, -0.1) is 0 Å². The van der Waals surface area contributed by atoms with E-state index in [-0.39, 0.29) is 18.9 Å². The van der Waals surface area contributed by atoms with Crippen LogP contribution >= 0.6 is 11.6 Å². The number of halogens is 1. The van der Waals surface area contributed by atoms with Crippen molar-refractivity contribution >= 4 is 29.2 Å². The summed E-state index contributed by atoms with van der Waals surface area (Å²) in [6.07, 6.45) is 1.06. The van der Waals surface area contributed by atoms with Gasteiger partial charge in [-0.2, -0.15) is 0 Å². The van der Waals surface area contributed by atoms with E-state index in [9.17, 15) is 9.59 Å². The van der Waals surface area contributed by atoms with Crippen LogP contribution in [0.5, 0.6) is 0 Å². The van der Waals surface area contributed by atoms with Crippen molar-refractivity contribution in [2.24, 2.45) is 0 Å². The zero-order valence-electron chi connectivity index (χ0n) is 11.1. The van der Waals surface area contributed by atoms with Crippen LogP contribution in [0.15, 0.2) is 18.2 Å². The number of nitrogens with zero attached hydrogens (tertiary/aromatic N) is 1. The largest absolute Gasteiger partial charge is 0.481 e. The van der Waals surface area contributed by atoms with Gasteiger partial charge in [0.15, 0.2) is 0 Å². The van der Waals surface area contributed by atoms with Gasteiger partial charge in [-0.1, -0.05) is 18.5 Å². The molecule has 0 heterocycles. The van der Waals surface area contributed by atoms with Crippen molar-refractivity contribution < 1.29 is 14.7 Å². The van der Waals surface area contributed by atoms with Gasteiger partial charge < -0.3 is 10.0 Å². The van der Waals surface area contributed by atoms with Gasteiger partial charge in [0.1, 0.15) is 0 Å². The Bertz CT molecular complexity index is 474. The summed E-state index contributed by atoms with van der Waals surface area (Å²) < 4.78 is 0. The molecule has 0 spiro atoms. The van der Waals surface area contributed by atoms with E-state index in [1.165, 1.54) is 4.90 Å². The molecule has 0 aliphatic heterocycles. The van der Waals surface area contributed by atoms with Crippen molar-refractivity contribution in [2.75, 3.05) is 11.4 Å². The predicted octanol–water partition coefficient (Wildman–Crippen LogP) is 3.26. The number of benzene rings is 1. The van der Waals surface area contributed by atoms with Crippen LogP contribution in [0.2, 0.25) is 5.02 Å². The number of anilines is 1. The van der Waals surface area contributed by atoms with Gasteiger partial charge in [-0.25, -0.2) is 0 Å². The van der Waals surface area contributed by atoms with E-state index < -0.39 is 5.97 Å². The summed E-state index contributed by atoms with van der Waals surface area (Å²) in [7, 11) is 0. The van der Waals surface area contributed by atoms with Gasteiger partial charge in [-0.05, 0) is 37.1 Å². The molecule has 1 aromatic carbocycles. The second-order valence-electron chi connectivity index (χ2n) is 4.37. The molecular weight excluding hydrogens is 266 g/mol. The van der Waals surface area contributed by atoms with Gasteiger partial charge in [0, 0.05) is 23.7 Å². The van der Waals surface area contributed by atoms with E-state index in [0.717, 1.165) is 17.7 Å². The molecule has 1 aromatic rings. The van der Waals surface area contributed by atoms with Crippen LogP contribution in [0.3, 0.4) is 0 Å². The Labute approximate surface area is 118 Å². The average Bonchev–Trinajstić information content (AvgIpc) is 2.31. The number of carbonyl (C=O) groups excluding carboxylic acids is 1. The van der Waals surface area contributed by atoms with Crippen LogP contribution in [0.25, 0.3) is 0 Å². The molecule has 0 atom stereocenters. The molecule has 19 heavy (non-hydrogen) atoms. The maximum Gasteiger partial charge on any atom is 0.305 e. The maximum atomic E-state index is 12.1. The van der Waals surface area contributed by atoms with E-state index >= 15 is 0 Å². The van der Waals surface area contributed by atoms with Crippen molar-refractivity contribution in [1.82, 2.24) is 0 Å². The molecule has 1 N–H and O–H groups in total. The number of aliphatic carboxylic acids is 1. The van der Waals surface area contributed by atoms with Crippen LogP contribution in [0.4, 0.5) is 5.69 Å². The number of hydrogen-bond donors (Lipinski definition) is 1. The Balaban J connectivity index is 3.00. The first-order valence-electron chi connectivity index (χ1n) is 6.24. The summed E-state index contributed by atoms with van der Waals surface area (Å²) in [6, 6.07) is 5.23. The zero-order chi connectivity index (χ0) is 14.4. The summed E-state index contributed by atoms with van der Waals surface area (Å²) in [5, 5.41) is 9.37. The standard InChI is InChI=1S/C14H18ClNO3/c1-3-4-13(17)16(8-7-14(18)19)12-6-5-11(15)9-10(12)2/h5-6,9H,3-4,7-8H2,1-2H3,(H,18,19).